The van der Waals surface area contributed by atoms with Crippen LogP contribution in [0.1, 0.15) is 155 Å². The number of carbonyl (C=O) groups is 2. The average molecular weight is 1070 g/mol. The normalized spacial score (nSPS) is 20.1. The van der Waals surface area contributed by atoms with Crippen LogP contribution in [0, 0.1) is 0 Å². The number of anilines is 1. The van der Waals surface area contributed by atoms with Gasteiger partial charge in [-0.1, -0.05) is 124 Å². The van der Waals surface area contributed by atoms with Gasteiger partial charge in [-0.25, -0.2) is 13.9 Å². The Morgan fingerprint density at radius 2 is 1.21 bits per heavy atom. The number of aliphatic hydroxyl groups excluding tert-OH is 3. The van der Waals surface area contributed by atoms with Crippen LogP contribution in [-0.4, -0.2) is 96.9 Å². The number of phosphoric ester groups is 2. The summed E-state index contributed by atoms with van der Waals surface area (Å²) in [4.78, 5) is 61.9. The summed E-state index contributed by atoms with van der Waals surface area (Å²) in [5.41, 5.74) is 4.57. The fraction of sp³-hybridized carbons (Fsp3) is 0.615. The monoisotopic (exact) mass is 1070 g/mol. The minimum Gasteiger partial charge on any atom is -0.462 e. The third-order valence-corrected chi connectivity index (χ3v) is 13.6. The Bertz CT molecular complexity index is 2070. The zero-order chi connectivity index (χ0) is 53.6. The summed E-state index contributed by atoms with van der Waals surface area (Å²) in [6, 6.07) is 1.24. The van der Waals surface area contributed by atoms with Crippen molar-refractivity contribution in [1.29, 1.82) is 0 Å². The highest BCUT2D eigenvalue weighted by molar-refractivity contribution is 7.61. The summed E-state index contributed by atoms with van der Waals surface area (Å²) in [5.74, 6) is -1.46. The molecule has 21 heteroatoms. The van der Waals surface area contributed by atoms with Crippen LogP contribution in [-0.2, 0) is 46.3 Å². The Morgan fingerprint density at radius 3 is 1.75 bits per heavy atom. The van der Waals surface area contributed by atoms with Crippen molar-refractivity contribution in [3.63, 3.8) is 0 Å². The minimum atomic E-state index is -5.46. The van der Waals surface area contributed by atoms with E-state index in [2.05, 4.69) is 70.9 Å². The SMILES string of the molecule is CCCCCCCC/C=C\C/C=C\C/C=C\CCCC(=O)OC[C@H](COP(=O)(O)OP(=O)(O)OC[C@H]1O[C@@H](n2ccc(N)nc2=O)[C@H](O)[C@@H]1O)OC(=O)CCC/C=C\C/C=C\C/C=C\C/C=C\CCC[C@H](C)O. The average Bonchev–Trinajstić information content (AvgIpc) is 3.62. The molecule has 1 aliphatic rings. The number of carbonyl (C=O) groups excluding carboxylic acids is 2. The maximum absolute atomic E-state index is 12.8. The Hall–Kier alpha value is -4.10. The molecule has 1 aromatic heterocycles. The summed E-state index contributed by atoms with van der Waals surface area (Å²) in [7, 11) is -10.9. The molecule has 2 heterocycles. The number of hydrogen-bond acceptors (Lipinski definition) is 16. The standard InChI is InChI=1S/C52H83N3O16P2/c1-3-4-5-6-7-8-9-10-11-12-15-18-21-24-27-30-33-36-47(57)66-40-44(69-48(58)37-34-31-28-25-22-19-16-13-14-17-20-23-26-29-32-35-43(2)56)41-67-72(62,63)71-73(64,65)68-42-45-49(59)50(60)51(70-45)55-39-38-46(53)54-52(55)61/h10-11,14-19,23-28,38-39,43-45,49-51,56,59-60H,3-9,12-13,20-22,29-37,40-42H2,1-2H3,(H,62,63)(H,64,65)(H2,53,54,61)/b11-10-,17-14-,18-15-,19-16-,26-23-,27-24-,28-25-/t43-,44+,45+,49+,50+,51+/m0/s1. The third-order valence-electron chi connectivity index (χ3n) is 11.0. The van der Waals surface area contributed by atoms with Gasteiger partial charge in [-0.3, -0.25) is 23.2 Å². The molecule has 0 aromatic carbocycles. The zero-order valence-electron chi connectivity index (χ0n) is 42.8. The van der Waals surface area contributed by atoms with Crippen LogP contribution in [0.15, 0.2) is 102 Å². The van der Waals surface area contributed by atoms with Gasteiger partial charge in [0.05, 0.1) is 19.3 Å². The van der Waals surface area contributed by atoms with E-state index in [0.29, 0.717) is 32.1 Å². The van der Waals surface area contributed by atoms with E-state index in [0.717, 1.165) is 62.1 Å². The maximum atomic E-state index is 12.8. The quantitative estimate of drug-likeness (QED) is 0.0154. The molecule has 1 aliphatic heterocycles. The van der Waals surface area contributed by atoms with Crippen LogP contribution >= 0.6 is 15.6 Å². The van der Waals surface area contributed by atoms with Gasteiger partial charge in [0.1, 0.15) is 30.7 Å². The highest BCUT2D eigenvalue weighted by Crippen LogP contribution is 2.60. The molecule has 8 atom stereocenters. The highest BCUT2D eigenvalue weighted by atomic mass is 31.3. The number of aliphatic hydroxyl groups is 3. The number of nitrogens with zero attached hydrogens (tertiary/aromatic N) is 2. The van der Waals surface area contributed by atoms with Crippen molar-refractivity contribution in [2.75, 3.05) is 25.6 Å². The lowest BCUT2D eigenvalue weighted by atomic mass is 10.1. The molecule has 2 unspecified atom stereocenters. The van der Waals surface area contributed by atoms with Gasteiger partial charge >= 0.3 is 33.3 Å². The third kappa shape index (κ3) is 32.7. The van der Waals surface area contributed by atoms with Crippen molar-refractivity contribution in [3.05, 3.63) is 108 Å². The highest BCUT2D eigenvalue weighted by Gasteiger charge is 2.46. The maximum Gasteiger partial charge on any atom is 0.481 e. The van der Waals surface area contributed by atoms with E-state index < -0.39 is 83.7 Å². The number of aromatic nitrogens is 2. The molecule has 0 bridgehead atoms. The summed E-state index contributed by atoms with van der Waals surface area (Å²) < 4.78 is 56.6. The number of nitrogens with two attached hydrogens (primary N) is 1. The summed E-state index contributed by atoms with van der Waals surface area (Å²) in [5, 5.41) is 30.2. The number of nitrogen functional groups attached to an aromatic ring is 1. The first-order valence-corrected chi connectivity index (χ1v) is 28.6. The predicted molar refractivity (Wildman–Crippen MR) is 281 cm³/mol. The second kappa shape index (κ2) is 39.3. The first-order chi connectivity index (χ1) is 35.0. The van der Waals surface area contributed by atoms with E-state index in [1.165, 1.54) is 44.6 Å². The van der Waals surface area contributed by atoms with Crippen molar-refractivity contribution in [2.24, 2.45) is 0 Å². The minimum absolute atomic E-state index is 0.0329. The molecule has 19 nitrogen and oxygen atoms in total. The molecular formula is C52H83N3O16P2. The molecule has 0 aliphatic carbocycles. The number of rotatable bonds is 41. The van der Waals surface area contributed by atoms with Crippen molar-refractivity contribution >= 4 is 33.4 Å². The zero-order valence-corrected chi connectivity index (χ0v) is 44.6. The number of allylic oxidation sites excluding steroid dienone is 14. The first-order valence-electron chi connectivity index (χ1n) is 25.6. The summed E-state index contributed by atoms with van der Waals surface area (Å²) in [6.45, 7) is 1.58. The van der Waals surface area contributed by atoms with Crippen LogP contribution in [0.3, 0.4) is 0 Å². The van der Waals surface area contributed by atoms with E-state index >= 15 is 0 Å². The lowest BCUT2D eigenvalue weighted by molar-refractivity contribution is -0.161. The number of hydrogen-bond donors (Lipinski definition) is 6. The Kier molecular flexibility index (Phi) is 35.0. The fourth-order valence-electron chi connectivity index (χ4n) is 6.99. The van der Waals surface area contributed by atoms with E-state index in [1.807, 2.05) is 30.4 Å². The van der Waals surface area contributed by atoms with Gasteiger partial charge in [0.25, 0.3) is 0 Å². The van der Waals surface area contributed by atoms with E-state index in [9.17, 15) is 48.6 Å². The molecule has 2 rings (SSSR count). The number of esters is 2. The van der Waals surface area contributed by atoms with Gasteiger partial charge < -0.3 is 45.1 Å². The number of ether oxygens (including phenoxy) is 3. The molecule has 0 saturated carbocycles. The van der Waals surface area contributed by atoms with Gasteiger partial charge in [-0.05, 0) is 103 Å². The fourth-order valence-corrected chi connectivity index (χ4v) is 9.10. The summed E-state index contributed by atoms with van der Waals surface area (Å²) >= 11 is 0. The Balaban J connectivity index is 1.85. The number of unbranched alkanes of at least 4 members (excludes halogenated alkanes) is 9. The predicted octanol–water partition coefficient (Wildman–Crippen LogP) is 9.64. The number of phosphoric acid groups is 2. The first kappa shape index (κ1) is 65.0. The topological polar surface area (TPSA) is 286 Å². The second-order valence-corrected chi connectivity index (χ2v) is 20.6. The van der Waals surface area contributed by atoms with Crippen LogP contribution in [0.5, 0.6) is 0 Å². The van der Waals surface area contributed by atoms with Gasteiger partial charge in [0.2, 0.25) is 0 Å². The molecule has 73 heavy (non-hydrogen) atoms. The molecular weight excluding hydrogens is 985 g/mol. The Morgan fingerprint density at radius 1 is 0.712 bits per heavy atom. The van der Waals surface area contributed by atoms with Crippen LogP contribution in [0.4, 0.5) is 5.82 Å². The van der Waals surface area contributed by atoms with Gasteiger partial charge in [-0.15, -0.1) is 0 Å². The van der Waals surface area contributed by atoms with Crippen molar-refractivity contribution in [1.82, 2.24) is 9.55 Å². The van der Waals surface area contributed by atoms with Gasteiger partial charge in [-0.2, -0.15) is 9.29 Å². The lowest BCUT2D eigenvalue weighted by Gasteiger charge is -2.21. The van der Waals surface area contributed by atoms with Crippen molar-refractivity contribution in [2.45, 2.75) is 185 Å². The van der Waals surface area contributed by atoms with Crippen LogP contribution in [0.25, 0.3) is 0 Å². The molecule has 1 saturated heterocycles. The van der Waals surface area contributed by atoms with E-state index in [4.69, 9.17) is 29.0 Å². The van der Waals surface area contributed by atoms with Crippen molar-refractivity contribution in [3.8, 4) is 0 Å². The van der Waals surface area contributed by atoms with Gasteiger partial charge in [0, 0.05) is 19.0 Å². The lowest BCUT2D eigenvalue weighted by Crippen LogP contribution is -2.36. The molecule has 1 fully saturated rings. The van der Waals surface area contributed by atoms with Crippen LogP contribution < -0.4 is 11.4 Å². The van der Waals surface area contributed by atoms with Crippen LogP contribution in [0.2, 0.25) is 0 Å². The second-order valence-electron chi connectivity index (χ2n) is 17.6. The smallest absolute Gasteiger partial charge is 0.462 e. The van der Waals surface area contributed by atoms with Gasteiger partial charge in [0.15, 0.2) is 12.3 Å². The summed E-state index contributed by atoms with van der Waals surface area (Å²) in [6.07, 6.45) is 39.5. The Labute approximate surface area is 431 Å². The molecule has 7 N–H and O–H groups in total. The molecule has 0 radical (unpaired) electrons. The molecule has 0 amide bonds. The van der Waals surface area contributed by atoms with Crippen molar-refractivity contribution < 1.29 is 71.4 Å². The molecule has 412 valence electrons. The molecule has 0 spiro atoms. The molecule has 1 aromatic rings. The largest absolute Gasteiger partial charge is 0.481 e. The van der Waals surface area contributed by atoms with E-state index in [1.54, 1.807) is 6.92 Å². The van der Waals surface area contributed by atoms with E-state index in [-0.39, 0.29) is 24.8 Å².